The van der Waals surface area contributed by atoms with Crippen molar-refractivity contribution in [1.82, 2.24) is 0 Å². The minimum atomic E-state index is 0.0571. The van der Waals surface area contributed by atoms with Crippen molar-refractivity contribution in [3.63, 3.8) is 0 Å². The van der Waals surface area contributed by atoms with Gasteiger partial charge in [0, 0.05) is 11.6 Å². The molecule has 0 saturated carbocycles. The molecule has 0 amide bonds. The molecule has 16 heavy (non-hydrogen) atoms. The van der Waals surface area contributed by atoms with Crippen LogP contribution in [-0.4, -0.2) is 13.2 Å². The maximum Gasteiger partial charge on any atom is 0.162 e. The highest BCUT2D eigenvalue weighted by Gasteiger charge is 2.11. The zero-order valence-electron chi connectivity index (χ0n) is 9.62. The Morgan fingerprint density at radius 3 is 2.50 bits per heavy atom. The Hall–Kier alpha value is -0.970. The molecule has 5 heteroatoms. The summed E-state index contributed by atoms with van der Waals surface area (Å²) < 4.78 is 10.8. The number of halogens is 1. The van der Waals surface area contributed by atoms with Crippen molar-refractivity contribution < 1.29 is 14.3 Å². The molecule has 0 bridgehead atoms. The van der Waals surface area contributed by atoms with Crippen LogP contribution in [0.15, 0.2) is 12.1 Å². The lowest BCUT2D eigenvalue weighted by Crippen LogP contribution is -2.08. The molecule has 90 valence electrons. The summed E-state index contributed by atoms with van der Waals surface area (Å²) in [6, 6.07) is 3.46. The summed E-state index contributed by atoms with van der Waals surface area (Å²) >= 11 is 6.02. The number of benzene rings is 1. The van der Waals surface area contributed by atoms with E-state index in [1.54, 1.807) is 19.2 Å². The van der Waals surface area contributed by atoms with Crippen molar-refractivity contribution in [2.24, 2.45) is 5.90 Å². The lowest BCUT2D eigenvalue weighted by atomic mass is 10.2. The first-order valence-corrected chi connectivity index (χ1v) is 5.31. The molecule has 1 aromatic carbocycles. The van der Waals surface area contributed by atoms with Gasteiger partial charge in [-0.05, 0) is 19.9 Å². The Morgan fingerprint density at radius 1 is 1.31 bits per heavy atom. The number of hydrogen-bond donors (Lipinski definition) is 1. The van der Waals surface area contributed by atoms with Crippen LogP contribution in [0.1, 0.15) is 19.4 Å². The molecular formula is C11H16ClNO3. The monoisotopic (exact) mass is 245 g/mol. The van der Waals surface area contributed by atoms with Crippen molar-refractivity contribution in [2.45, 2.75) is 26.6 Å². The summed E-state index contributed by atoms with van der Waals surface area (Å²) in [5.74, 6) is 6.25. The van der Waals surface area contributed by atoms with E-state index < -0.39 is 0 Å². The Balaban J connectivity index is 3.07. The summed E-state index contributed by atoms with van der Waals surface area (Å²) in [5.41, 5.74) is 0.764. The van der Waals surface area contributed by atoms with Crippen molar-refractivity contribution >= 4 is 11.6 Å². The summed E-state index contributed by atoms with van der Waals surface area (Å²) in [5, 5.41) is 0.540. The van der Waals surface area contributed by atoms with E-state index in [0.717, 1.165) is 5.56 Å². The molecule has 0 fully saturated rings. The quantitative estimate of drug-likeness (QED) is 0.810. The van der Waals surface area contributed by atoms with E-state index in [0.29, 0.717) is 16.5 Å². The van der Waals surface area contributed by atoms with Crippen LogP contribution in [0.5, 0.6) is 11.5 Å². The number of hydrogen-bond acceptors (Lipinski definition) is 4. The molecule has 0 radical (unpaired) electrons. The fourth-order valence-corrected chi connectivity index (χ4v) is 1.49. The van der Waals surface area contributed by atoms with Gasteiger partial charge in [0.25, 0.3) is 0 Å². The topological polar surface area (TPSA) is 53.7 Å². The van der Waals surface area contributed by atoms with E-state index in [1.165, 1.54) is 0 Å². The predicted octanol–water partition coefficient (Wildman–Crippen LogP) is 2.53. The molecule has 0 heterocycles. The number of rotatable bonds is 5. The molecule has 4 nitrogen and oxygen atoms in total. The summed E-state index contributed by atoms with van der Waals surface area (Å²) in [6.45, 7) is 4.11. The van der Waals surface area contributed by atoms with Gasteiger partial charge in [0.2, 0.25) is 0 Å². The average Bonchev–Trinajstić information content (AvgIpc) is 2.22. The van der Waals surface area contributed by atoms with Gasteiger partial charge in [-0.3, -0.25) is 4.84 Å². The highest BCUT2D eigenvalue weighted by Crippen LogP contribution is 2.34. The molecule has 0 aliphatic rings. The van der Waals surface area contributed by atoms with Gasteiger partial charge in [0.15, 0.2) is 11.5 Å². The van der Waals surface area contributed by atoms with Crippen molar-refractivity contribution in [3.05, 3.63) is 22.7 Å². The largest absolute Gasteiger partial charge is 0.493 e. The first-order valence-electron chi connectivity index (χ1n) is 4.93. The van der Waals surface area contributed by atoms with Crippen molar-refractivity contribution in [3.8, 4) is 11.5 Å². The van der Waals surface area contributed by atoms with Crippen molar-refractivity contribution in [2.75, 3.05) is 7.11 Å². The van der Waals surface area contributed by atoms with E-state index >= 15 is 0 Å². The normalized spacial score (nSPS) is 10.6. The predicted molar refractivity (Wildman–Crippen MR) is 62.7 cm³/mol. The number of methoxy groups -OCH3 is 1. The number of nitrogens with two attached hydrogens (primary N) is 1. The van der Waals surface area contributed by atoms with Crippen molar-refractivity contribution in [1.29, 1.82) is 0 Å². The molecule has 0 saturated heterocycles. The second kappa shape index (κ2) is 5.94. The fourth-order valence-electron chi connectivity index (χ4n) is 1.28. The highest BCUT2D eigenvalue weighted by molar-refractivity contribution is 6.31. The average molecular weight is 246 g/mol. The smallest absolute Gasteiger partial charge is 0.162 e. The van der Waals surface area contributed by atoms with Crippen LogP contribution in [-0.2, 0) is 11.4 Å². The fraction of sp³-hybridized carbons (Fsp3) is 0.455. The third-order valence-corrected chi connectivity index (χ3v) is 2.29. The summed E-state index contributed by atoms with van der Waals surface area (Å²) in [7, 11) is 1.57. The summed E-state index contributed by atoms with van der Waals surface area (Å²) in [4.78, 5) is 4.56. The lowest BCUT2D eigenvalue weighted by molar-refractivity contribution is 0.123. The number of ether oxygens (including phenoxy) is 2. The Labute approximate surface area is 100 Å². The SMILES string of the molecule is COc1cc(Cl)c(CON)cc1OC(C)C. The van der Waals surface area contributed by atoms with E-state index in [1.807, 2.05) is 13.8 Å². The Morgan fingerprint density at radius 2 is 2.00 bits per heavy atom. The molecule has 0 unspecified atom stereocenters. The van der Waals surface area contributed by atoms with Crippen LogP contribution in [0.3, 0.4) is 0 Å². The second-order valence-electron chi connectivity index (χ2n) is 3.57. The second-order valence-corrected chi connectivity index (χ2v) is 3.98. The molecule has 2 N–H and O–H groups in total. The first kappa shape index (κ1) is 13.1. The van der Waals surface area contributed by atoms with Crippen LogP contribution in [0.2, 0.25) is 5.02 Å². The highest BCUT2D eigenvalue weighted by atomic mass is 35.5. The van der Waals surface area contributed by atoms with Crippen LogP contribution < -0.4 is 15.4 Å². The van der Waals surface area contributed by atoms with E-state index in [4.69, 9.17) is 27.0 Å². The van der Waals surface area contributed by atoms with Crippen LogP contribution >= 0.6 is 11.6 Å². The van der Waals surface area contributed by atoms with Gasteiger partial charge in [0.05, 0.1) is 24.8 Å². The molecule has 0 aromatic heterocycles. The third-order valence-electron chi connectivity index (χ3n) is 1.93. The standard InChI is InChI=1S/C11H16ClNO3/c1-7(2)16-11-4-8(6-15-13)9(12)5-10(11)14-3/h4-5,7H,6,13H2,1-3H3. The molecular weight excluding hydrogens is 230 g/mol. The zero-order chi connectivity index (χ0) is 12.1. The molecule has 0 spiro atoms. The van der Waals surface area contributed by atoms with Gasteiger partial charge in [-0.1, -0.05) is 11.6 Å². The van der Waals surface area contributed by atoms with Gasteiger partial charge in [0.1, 0.15) is 0 Å². The third kappa shape index (κ3) is 3.27. The van der Waals surface area contributed by atoms with Gasteiger partial charge in [-0.25, -0.2) is 5.90 Å². The maximum absolute atomic E-state index is 6.02. The van der Waals surface area contributed by atoms with E-state index in [9.17, 15) is 0 Å². The molecule has 0 aliphatic heterocycles. The Bertz CT molecular complexity index is 355. The lowest BCUT2D eigenvalue weighted by Gasteiger charge is -2.15. The van der Waals surface area contributed by atoms with Crippen LogP contribution in [0.25, 0.3) is 0 Å². The first-order chi connectivity index (χ1) is 7.58. The van der Waals surface area contributed by atoms with E-state index in [-0.39, 0.29) is 12.7 Å². The summed E-state index contributed by atoms with van der Waals surface area (Å²) in [6.07, 6.45) is 0.0571. The molecule has 0 aliphatic carbocycles. The maximum atomic E-state index is 6.02. The zero-order valence-corrected chi connectivity index (χ0v) is 10.4. The van der Waals surface area contributed by atoms with E-state index in [2.05, 4.69) is 4.84 Å². The van der Waals surface area contributed by atoms with Crippen LogP contribution in [0, 0.1) is 0 Å². The van der Waals surface area contributed by atoms with Gasteiger partial charge in [-0.15, -0.1) is 0 Å². The molecule has 0 atom stereocenters. The minimum Gasteiger partial charge on any atom is -0.493 e. The molecule has 1 rings (SSSR count). The molecule has 1 aromatic rings. The van der Waals surface area contributed by atoms with Gasteiger partial charge >= 0.3 is 0 Å². The minimum absolute atomic E-state index is 0.0571. The van der Waals surface area contributed by atoms with Crippen LogP contribution in [0.4, 0.5) is 0 Å². The van der Waals surface area contributed by atoms with Gasteiger partial charge < -0.3 is 9.47 Å². The Kier molecular flexibility index (Phi) is 4.86. The van der Waals surface area contributed by atoms with Gasteiger partial charge in [-0.2, -0.15) is 0 Å².